The van der Waals surface area contributed by atoms with Gasteiger partial charge < -0.3 is 0 Å². The second-order valence-corrected chi connectivity index (χ2v) is 20.0. The molecule has 11 heteroatoms. The first kappa shape index (κ1) is 33.1. The van der Waals surface area contributed by atoms with Crippen LogP contribution in [0.4, 0.5) is 0 Å². The summed E-state index contributed by atoms with van der Waals surface area (Å²) in [6.07, 6.45) is -0.544. The van der Waals surface area contributed by atoms with Gasteiger partial charge in [0.25, 0.3) is 0 Å². The van der Waals surface area contributed by atoms with Crippen molar-refractivity contribution >= 4 is 21.3 Å². The van der Waals surface area contributed by atoms with Crippen molar-refractivity contribution in [3.8, 4) is 0 Å². The van der Waals surface area contributed by atoms with E-state index in [0.717, 1.165) is 0 Å². The van der Waals surface area contributed by atoms with E-state index >= 15 is 0 Å². The molecule has 0 aliphatic carbocycles. The molecule has 9 nitrogen and oxygen atoms in total. The van der Waals surface area contributed by atoms with Crippen molar-refractivity contribution in [1.29, 1.82) is 0 Å². The van der Waals surface area contributed by atoms with Crippen LogP contribution >= 0.6 is 6.19 Å². The van der Waals surface area contributed by atoms with Gasteiger partial charge >= 0.3 is 239 Å². The fraction of sp³-hybridized carbons (Fsp3) is 1.00. The van der Waals surface area contributed by atoms with E-state index < -0.39 is 39.4 Å². The molecule has 3 rings (SSSR count). The van der Waals surface area contributed by atoms with Crippen molar-refractivity contribution in [3.05, 3.63) is 0 Å². The predicted octanol–water partition coefficient (Wildman–Crippen LogP) is 5.98. The average Bonchev–Trinajstić information content (AvgIpc) is 2.66. The minimum atomic E-state index is -3.06. The molecule has 3 saturated heterocycles. The molecular formula is C27H51N3O6PSe. The van der Waals surface area contributed by atoms with E-state index in [-0.39, 0.29) is 18.3 Å². The molecule has 0 spiro atoms. The summed E-state index contributed by atoms with van der Waals surface area (Å²) in [5.74, 6) is 0. The molecule has 3 fully saturated rings. The van der Waals surface area contributed by atoms with Gasteiger partial charge in [0, 0.05) is 0 Å². The Balaban J connectivity index is 1.92. The van der Waals surface area contributed by atoms with Gasteiger partial charge in [0.1, 0.15) is 0 Å². The van der Waals surface area contributed by atoms with Crippen LogP contribution < -0.4 is 0 Å². The quantitative estimate of drug-likeness (QED) is 0.267. The molecule has 38 heavy (non-hydrogen) atoms. The summed E-state index contributed by atoms with van der Waals surface area (Å²) in [6, 6.07) is 0. The maximum absolute atomic E-state index is 13.0. The van der Waals surface area contributed by atoms with E-state index in [1.807, 2.05) is 83.1 Å². The van der Waals surface area contributed by atoms with Crippen LogP contribution in [0.1, 0.15) is 122 Å². The van der Waals surface area contributed by atoms with Gasteiger partial charge in [0.15, 0.2) is 0 Å². The van der Waals surface area contributed by atoms with Crippen LogP contribution in [0.3, 0.4) is 0 Å². The summed E-state index contributed by atoms with van der Waals surface area (Å²) in [6.45, 7) is 23.4. The molecule has 221 valence electrons. The molecular weight excluding hydrogens is 572 g/mol. The van der Waals surface area contributed by atoms with Crippen LogP contribution in [-0.4, -0.2) is 81.8 Å². The van der Waals surface area contributed by atoms with Crippen molar-refractivity contribution in [1.82, 2.24) is 15.2 Å². The molecule has 3 aliphatic heterocycles. The first-order chi connectivity index (χ1) is 16.8. The molecule has 0 N–H and O–H groups in total. The van der Waals surface area contributed by atoms with E-state index in [1.165, 1.54) is 15.2 Å². The molecule has 3 radical (unpaired) electrons. The Hall–Kier alpha value is 0.589. The van der Waals surface area contributed by atoms with Crippen LogP contribution in [0.2, 0.25) is 0 Å². The van der Waals surface area contributed by atoms with Gasteiger partial charge in [-0.05, 0) is 0 Å². The summed E-state index contributed by atoms with van der Waals surface area (Å²) in [4.78, 5) is 0. The van der Waals surface area contributed by atoms with Crippen LogP contribution in [-0.2, 0) is 29.2 Å². The molecule has 0 saturated carbocycles. The van der Waals surface area contributed by atoms with Gasteiger partial charge in [0.2, 0.25) is 0 Å². The zero-order valence-electron chi connectivity index (χ0n) is 25.6. The van der Waals surface area contributed by atoms with Gasteiger partial charge in [0.05, 0.1) is 0 Å². The van der Waals surface area contributed by atoms with E-state index in [1.54, 1.807) is 0 Å². The Morgan fingerprint density at radius 3 is 0.789 bits per heavy atom. The molecule has 0 aromatic rings. The van der Waals surface area contributed by atoms with Gasteiger partial charge in [-0.1, -0.05) is 0 Å². The third kappa shape index (κ3) is 6.96. The molecule has 3 aliphatic rings. The summed E-state index contributed by atoms with van der Waals surface area (Å²) >= 11 is 3.20. The minimum absolute atomic E-state index is 0.249. The van der Waals surface area contributed by atoms with E-state index in [0.29, 0.717) is 38.5 Å². The molecule has 0 aromatic carbocycles. The Kier molecular flexibility index (Phi) is 9.05. The summed E-state index contributed by atoms with van der Waals surface area (Å²) in [5.41, 5.74) is -3.62. The zero-order valence-corrected chi connectivity index (χ0v) is 28.2. The summed E-state index contributed by atoms with van der Waals surface area (Å²) in [7, 11) is 0. The third-order valence-electron chi connectivity index (χ3n) is 8.50. The van der Waals surface area contributed by atoms with Crippen LogP contribution in [0.25, 0.3) is 0 Å². The van der Waals surface area contributed by atoms with Crippen molar-refractivity contribution in [2.45, 2.75) is 173 Å². The Morgan fingerprint density at radius 1 is 0.474 bits per heavy atom. The molecule has 0 atom stereocenters. The van der Waals surface area contributed by atoms with Gasteiger partial charge in [-0.25, -0.2) is 0 Å². The number of hydrogen-bond acceptors (Lipinski definition) is 6. The van der Waals surface area contributed by atoms with Crippen LogP contribution in [0.5, 0.6) is 0 Å². The number of rotatable bonds is 6. The number of piperidine rings is 3. The normalized spacial score (nSPS) is 30.9. The van der Waals surface area contributed by atoms with E-state index in [4.69, 9.17) is 13.6 Å². The van der Waals surface area contributed by atoms with Crippen LogP contribution in [0, 0.1) is 0 Å². The molecule has 0 aromatic heterocycles. The van der Waals surface area contributed by atoms with Crippen molar-refractivity contribution in [2.24, 2.45) is 0 Å². The zero-order chi connectivity index (χ0) is 29.3. The second-order valence-electron chi connectivity index (χ2n) is 15.6. The summed E-state index contributed by atoms with van der Waals surface area (Å²) in [5, 5.41) is 42.5. The predicted molar refractivity (Wildman–Crippen MR) is 147 cm³/mol. The fourth-order valence-corrected chi connectivity index (χ4v) is 11.4. The third-order valence-corrected chi connectivity index (χ3v) is 11.8. The first-order valence-corrected chi connectivity index (χ1v) is 17.7. The van der Waals surface area contributed by atoms with Crippen LogP contribution in [0.15, 0.2) is 0 Å². The van der Waals surface area contributed by atoms with Crippen molar-refractivity contribution < 1.29 is 29.2 Å². The van der Waals surface area contributed by atoms with Crippen molar-refractivity contribution in [2.75, 3.05) is 0 Å². The molecule has 3 heterocycles. The Labute approximate surface area is 238 Å². The average molecular weight is 624 g/mol. The number of nitrogens with zero attached hydrogens (tertiary/aromatic N) is 3. The monoisotopic (exact) mass is 624 g/mol. The topological polar surface area (TPSA) is 97.1 Å². The number of hydroxylamine groups is 6. The SMILES string of the molecule is CC1(C)CC(OP(=[Se])(OC2CC(C)(C)N([O])C(C)(C)C2)OC2CC(C)(C)N([O])C(C)(C)C2)CC(C)(C)N1[O]. The van der Waals surface area contributed by atoms with E-state index in [2.05, 4.69) is 15.1 Å². The van der Waals surface area contributed by atoms with Gasteiger partial charge in [-0.15, -0.1) is 0 Å². The maximum atomic E-state index is 13.0. The first-order valence-electron chi connectivity index (χ1n) is 13.9. The van der Waals surface area contributed by atoms with E-state index in [9.17, 15) is 15.6 Å². The standard InChI is InChI=1S/C27H51N3O6PSe/c1-22(2)13-19(14-23(3,4)28(22)31)34-37(38,35-20-15-24(5,6)29(32)25(7,8)16-20)36-21-17-26(9,10)30(33)27(11,12)18-21/h19-21H,13-18H2,1-12H3. The van der Waals surface area contributed by atoms with Gasteiger partial charge in [-0.2, -0.15) is 0 Å². The van der Waals surface area contributed by atoms with Crippen molar-refractivity contribution in [3.63, 3.8) is 0 Å². The molecule has 0 unspecified atom stereocenters. The number of hydrogen-bond donors (Lipinski definition) is 0. The fourth-order valence-electron chi connectivity index (χ4n) is 7.36. The summed E-state index contributed by atoms with van der Waals surface area (Å²) < 4.78 is 20.4. The Bertz CT molecular complexity index is 756. The molecule has 0 bridgehead atoms. The van der Waals surface area contributed by atoms with Gasteiger partial charge in [-0.3, -0.25) is 0 Å². The Morgan fingerprint density at radius 2 is 0.632 bits per heavy atom. The second kappa shape index (κ2) is 10.4. The molecule has 0 amide bonds.